The molecule has 0 aliphatic carbocycles. The number of aliphatic hydroxyl groups is 1. The topological polar surface area (TPSA) is 174 Å². The minimum absolute atomic E-state index is 0.0641. The normalized spacial score (nSPS) is 29.4. The summed E-state index contributed by atoms with van der Waals surface area (Å²) in [6.45, 7) is 4.72. The zero-order valence-electron chi connectivity index (χ0n) is 28.1. The van der Waals surface area contributed by atoms with Crippen molar-refractivity contribution in [3.8, 4) is 0 Å². The van der Waals surface area contributed by atoms with Crippen LogP contribution >= 0.6 is 34.8 Å². The molecular weight excluding hydrogens is 737 g/mol. The summed E-state index contributed by atoms with van der Waals surface area (Å²) >= 11 is 17.7. The van der Waals surface area contributed by atoms with Crippen molar-refractivity contribution in [3.05, 3.63) is 71.8 Å². The second-order valence-corrected chi connectivity index (χ2v) is 14.1. The van der Waals surface area contributed by atoms with Crippen molar-refractivity contribution >= 4 is 58.6 Å². The van der Waals surface area contributed by atoms with Crippen LogP contribution in [0.2, 0.25) is 0 Å². The first-order chi connectivity index (χ1) is 24.1. The lowest BCUT2D eigenvalue weighted by Crippen LogP contribution is -2.69. The number of carbonyl (C=O) groups is 4. The lowest BCUT2D eigenvalue weighted by molar-refractivity contribution is -0.354. The van der Waals surface area contributed by atoms with Crippen LogP contribution in [0.1, 0.15) is 38.8 Å². The number of benzene rings is 2. The van der Waals surface area contributed by atoms with Gasteiger partial charge in [0.25, 0.3) is 9.70 Å². The van der Waals surface area contributed by atoms with Gasteiger partial charge in [0.2, 0.25) is 0 Å². The maximum Gasteiger partial charge on any atom is 0.303 e. The van der Waals surface area contributed by atoms with Gasteiger partial charge in [0, 0.05) is 20.8 Å². The standard InChI is InChI=1S/C34H40Cl3NO13/c1-18-26(45-15-22-11-7-5-8-12-22)29(46-16-23-13-9-6-10-14-23)30(31(42)47-18)51-32-25(38-33(43)34(35,36)37)28(49-21(4)41)27(48-20(3)40)24(50-32)17-44-19(2)39/h5-14,18,24-32,42H,15-17H2,1-4H3,(H,38,43)/t18-,24+,25+,26-,27+,28+,29+,30+,31+,32-/m0/s1. The number of carbonyl (C=O) groups excluding carboxylic acids is 4. The molecule has 17 heteroatoms. The van der Waals surface area contributed by atoms with E-state index < -0.39 is 95.6 Å². The second kappa shape index (κ2) is 18.6. The Labute approximate surface area is 309 Å². The lowest BCUT2D eigenvalue weighted by atomic mass is 9.95. The van der Waals surface area contributed by atoms with Gasteiger partial charge in [-0.1, -0.05) is 95.5 Å². The minimum Gasteiger partial charge on any atom is -0.463 e. The van der Waals surface area contributed by atoms with Gasteiger partial charge in [-0.2, -0.15) is 0 Å². The predicted molar refractivity (Wildman–Crippen MR) is 180 cm³/mol. The first-order valence-electron chi connectivity index (χ1n) is 15.9. The molecule has 2 heterocycles. The van der Waals surface area contributed by atoms with E-state index in [1.165, 1.54) is 0 Å². The first-order valence-corrected chi connectivity index (χ1v) is 17.1. The fourth-order valence-electron chi connectivity index (χ4n) is 5.65. The molecule has 0 spiro atoms. The predicted octanol–water partition coefficient (Wildman–Crippen LogP) is 3.29. The van der Waals surface area contributed by atoms with Crippen molar-refractivity contribution in [3.63, 3.8) is 0 Å². The summed E-state index contributed by atoms with van der Waals surface area (Å²) < 4.78 is 44.8. The fourth-order valence-corrected chi connectivity index (χ4v) is 5.81. The summed E-state index contributed by atoms with van der Waals surface area (Å²) in [4.78, 5) is 49.5. The van der Waals surface area contributed by atoms with Crippen molar-refractivity contribution in [2.45, 2.75) is 106 Å². The number of hydrogen-bond acceptors (Lipinski definition) is 13. The van der Waals surface area contributed by atoms with Crippen LogP contribution in [0.4, 0.5) is 0 Å². The van der Waals surface area contributed by atoms with Crippen LogP contribution in [-0.4, -0.2) is 101 Å². The van der Waals surface area contributed by atoms with E-state index >= 15 is 0 Å². The van der Waals surface area contributed by atoms with Crippen molar-refractivity contribution < 1.29 is 62.2 Å². The molecule has 2 aromatic rings. The van der Waals surface area contributed by atoms with E-state index in [0.717, 1.165) is 31.9 Å². The third-order valence-electron chi connectivity index (χ3n) is 7.86. The smallest absolute Gasteiger partial charge is 0.303 e. The molecule has 10 atom stereocenters. The largest absolute Gasteiger partial charge is 0.463 e. The molecule has 0 radical (unpaired) electrons. The molecule has 0 unspecified atom stereocenters. The summed E-state index contributed by atoms with van der Waals surface area (Å²) in [5.41, 5.74) is 1.66. The van der Waals surface area contributed by atoms with E-state index in [2.05, 4.69) is 5.32 Å². The van der Waals surface area contributed by atoms with Crippen LogP contribution in [0.5, 0.6) is 0 Å². The van der Waals surface area contributed by atoms with Crippen molar-refractivity contribution in [2.24, 2.45) is 0 Å². The highest BCUT2D eigenvalue weighted by Gasteiger charge is 2.55. The van der Waals surface area contributed by atoms with E-state index in [1.807, 2.05) is 60.7 Å². The summed E-state index contributed by atoms with van der Waals surface area (Å²) in [6.07, 6.45) is -11.7. The highest BCUT2D eigenvalue weighted by Crippen LogP contribution is 2.35. The molecule has 2 aliphatic heterocycles. The fraction of sp³-hybridized carbons (Fsp3) is 0.529. The van der Waals surface area contributed by atoms with Gasteiger partial charge in [-0.3, -0.25) is 19.2 Å². The number of alkyl halides is 3. The van der Waals surface area contributed by atoms with Crippen LogP contribution in [0, 0.1) is 0 Å². The number of rotatable bonds is 13. The molecule has 2 aliphatic rings. The Hall–Kier alpha value is -3.05. The summed E-state index contributed by atoms with van der Waals surface area (Å²) in [5.74, 6) is -3.56. The molecule has 2 saturated heterocycles. The van der Waals surface area contributed by atoms with Gasteiger partial charge in [0.1, 0.15) is 37.1 Å². The molecule has 14 nitrogen and oxygen atoms in total. The van der Waals surface area contributed by atoms with Crippen LogP contribution in [0.15, 0.2) is 60.7 Å². The quantitative estimate of drug-likeness (QED) is 0.173. The first kappa shape index (κ1) is 40.7. The number of hydrogen-bond donors (Lipinski definition) is 2. The van der Waals surface area contributed by atoms with Crippen molar-refractivity contribution in [1.82, 2.24) is 5.32 Å². The van der Waals surface area contributed by atoms with Gasteiger partial charge in [-0.25, -0.2) is 0 Å². The molecule has 0 aromatic heterocycles. The van der Waals surface area contributed by atoms with Crippen LogP contribution in [0.3, 0.4) is 0 Å². The Kier molecular flexibility index (Phi) is 14.9. The molecule has 2 fully saturated rings. The minimum atomic E-state index is -2.52. The Balaban J connectivity index is 1.75. The zero-order valence-corrected chi connectivity index (χ0v) is 30.4. The number of halogens is 3. The molecule has 2 aromatic carbocycles. The maximum absolute atomic E-state index is 13.1. The highest BCUT2D eigenvalue weighted by atomic mass is 35.6. The van der Waals surface area contributed by atoms with Gasteiger partial charge in [0.05, 0.1) is 19.3 Å². The Morgan fingerprint density at radius 2 is 1.27 bits per heavy atom. The van der Waals surface area contributed by atoms with Gasteiger partial charge in [-0.15, -0.1) is 0 Å². The van der Waals surface area contributed by atoms with E-state index in [0.29, 0.717) is 0 Å². The molecular formula is C34H40Cl3NO13. The van der Waals surface area contributed by atoms with E-state index in [4.69, 9.17) is 72.7 Å². The van der Waals surface area contributed by atoms with Crippen molar-refractivity contribution in [1.29, 1.82) is 0 Å². The van der Waals surface area contributed by atoms with E-state index in [-0.39, 0.29) is 13.2 Å². The van der Waals surface area contributed by atoms with Gasteiger partial charge < -0.3 is 48.3 Å². The second-order valence-electron chi connectivity index (χ2n) is 11.8. The molecule has 0 bridgehead atoms. The third-order valence-corrected chi connectivity index (χ3v) is 8.38. The van der Waals surface area contributed by atoms with Crippen LogP contribution in [0.25, 0.3) is 0 Å². The summed E-state index contributed by atoms with van der Waals surface area (Å²) in [7, 11) is 0. The number of aliphatic hydroxyl groups excluding tert-OH is 1. The SMILES string of the molecule is CC(=O)OC[C@H]1O[C@@H](O[C@@H]2[C@H](OCc3ccccc3)[C@@H](OCc3ccccc3)[C@H](C)O[C@H]2O)[C@H](NC(=O)C(Cl)(Cl)Cl)[C@@H](OC(C)=O)[C@@H]1OC(C)=O. The molecule has 0 saturated carbocycles. The Bertz CT molecular complexity index is 1460. The molecule has 51 heavy (non-hydrogen) atoms. The van der Waals surface area contributed by atoms with Crippen LogP contribution in [-0.2, 0) is 70.3 Å². The molecule has 1 amide bonds. The Morgan fingerprint density at radius 1 is 0.745 bits per heavy atom. The molecule has 280 valence electrons. The van der Waals surface area contributed by atoms with E-state index in [9.17, 15) is 24.3 Å². The number of nitrogens with one attached hydrogen (secondary N) is 1. The third kappa shape index (κ3) is 11.7. The molecule has 2 N–H and O–H groups in total. The summed E-state index contributed by atoms with van der Waals surface area (Å²) in [6, 6.07) is 17.0. The highest BCUT2D eigenvalue weighted by molar-refractivity contribution is 6.76. The zero-order chi connectivity index (χ0) is 37.3. The van der Waals surface area contributed by atoms with Gasteiger partial charge in [-0.05, 0) is 18.1 Å². The number of amides is 1. The maximum atomic E-state index is 13.1. The number of esters is 3. The number of ether oxygens (including phenoxy) is 8. The lowest BCUT2D eigenvalue weighted by Gasteiger charge is -2.49. The van der Waals surface area contributed by atoms with Crippen molar-refractivity contribution in [2.75, 3.05) is 6.61 Å². The average molecular weight is 777 g/mol. The summed E-state index contributed by atoms with van der Waals surface area (Å²) in [5, 5.41) is 13.8. The average Bonchev–Trinajstić information content (AvgIpc) is 3.06. The Morgan fingerprint density at radius 3 is 1.78 bits per heavy atom. The molecule has 4 rings (SSSR count). The monoisotopic (exact) mass is 775 g/mol. The van der Waals surface area contributed by atoms with E-state index in [1.54, 1.807) is 6.92 Å². The van der Waals surface area contributed by atoms with Gasteiger partial charge >= 0.3 is 17.9 Å². The van der Waals surface area contributed by atoms with Gasteiger partial charge in [0.15, 0.2) is 24.8 Å². The van der Waals surface area contributed by atoms with Crippen LogP contribution < -0.4 is 5.32 Å².